The summed E-state index contributed by atoms with van der Waals surface area (Å²) >= 11 is 0. The zero-order valence-corrected chi connectivity index (χ0v) is 16.5. The number of likely N-dealkylation sites (N-methyl/N-ethyl adjacent to an activating group) is 1. The summed E-state index contributed by atoms with van der Waals surface area (Å²) in [5, 5.41) is 0. The van der Waals surface area contributed by atoms with Crippen LogP contribution in [0.15, 0.2) is 42.5 Å². The Hall–Kier alpha value is -2.14. The van der Waals surface area contributed by atoms with Crippen molar-refractivity contribution in [3.8, 4) is 0 Å². The number of carbonyl (C=O) groups is 2. The third-order valence-electron chi connectivity index (χ3n) is 5.64. The summed E-state index contributed by atoms with van der Waals surface area (Å²) in [6, 6.07) is 10.2. The molecule has 0 bridgehead atoms. The summed E-state index contributed by atoms with van der Waals surface area (Å²) in [7, 11) is 3.84. The van der Waals surface area contributed by atoms with Gasteiger partial charge in [-0.2, -0.15) is 0 Å². The van der Waals surface area contributed by atoms with E-state index in [1.165, 1.54) is 5.56 Å². The van der Waals surface area contributed by atoms with Gasteiger partial charge in [-0.1, -0.05) is 42.5 Å². The van der Waals surface area contributed by atoms with E-state index in [0.29, 0.717) is 25.6 Å². The Morgan fingerprint density at radius 3 is 2.48 bits per heavy atom. The van der Waals surface area contributed by atoms with Crippen LogP contribution in [-0.4, -0.2) is 66.8 Å². The maximum absolute atomic E-state index is 13.2. The molecule has 0 aliphatic carbocycles. The quantitative estimate of drug-likeness (QED) is 0.749. The zero-order chi connectivity index (χ0) is 19.2. The van der Waals surface area contributed by atoms with Crippen LogP contribution in [0, 0.1) is 11.8 Å². The van der Waals surface area contributed by atoms with Crippen molar-refractivity contribution in [2.75, 3.05) is 40.3 Å². The van der Waals surface area contributed by atoms with E-state index in [2.05, 4.69) is 24.3 Å². The van der Waals surface area contributed by atoms with Crippen LogP contribution in [0.5, 0.6) is 0 Å². The third kappa shape index (κ3) is 5.19. The minimum Gasteiger partial charge on any atom is -0.342 e. The summed E-state index contributed by atoms with van der Waals surface area (Å²) in [5.41, 5.74) is 1.17. The van der Waals surface area contributed by atoms with Gasteiger partial charge in [0.15, 0.2) is 0 Å². The molecule has 2 heterocycles. The minimum absolute atomic E-state index is 0.0403. The fraction of sp³-hybridized carbons (Fsp3) is 0.545. The Morgan fingerprint density at radius 1 is 1.11 bits per heavy atom. The molecule has 0 saturated carbocycles. The number of allylic oxidation sites excluding steroid dienone is 1. The van der Waals surface area contributed by atoms with E-state index in [1.807, 2.05) is 47.0 Å². The first-order valence-electron chi connectivity index (χ1n) is 9.95. The number of piperidine rings is 1. The van der Waals surface area contributed by atoms with E-state index in [4.69, 9.17) is 0 Å². The van der Waals surface area contributed by atoms with E-state index in [9.17, 15) is 9.59 Å². The molecular formula is C22H31N3O2. The molecule has 1 aromatic rings. The first-order chi connectivity index (χ1) is 13.0. The van der Waals surface area contributed by atoms with Gasteiger partial charge in [0.05, 0.1) is 6.54 Å². The van der Waals surface area contributed by atoms with E-state index in [1.54, 1.807) is 0 Å². The summed E-state index contributed by atoms with van der Waals surface area (Å²) < 4.78 is 0. The number of amides is 2. The third-order valence-corrected chi connectivity index (χ3v) is 5.64. The predicted octanol–water partition coefficient (Wildman–Crippen LogP) is 2.39. The largest absolute Gasteiger partial charge is 0.342 e. The molecule has 146 valence electrons. The molecule has 2 amide bonds. The van der Waals surface area contributed by atoms with Crippen molar-refractivity contribution < 1.29 is 9.59 Å². The van der Waals surface area contributed by atoms with E-state index >= 15 is 0 Å². The van der Waals surface area contributed by atoms with Crippen molar-refractivity contribution in [3.05, 3.63) is 48.0 Å². The molecule has 0 spiro atoms. The van der Waals surface area contributed by atoms with E-state index in [0.717, 1.165) is 32.4 Å². The second kappa shape index (κ2) is 9.18. The molecular weight excluding hydrogens is 338 g/mol. The van der Waals surface area contributed by atoms with Crippen LogP contribution < -0.4 is 0 Å². The fourth-order valence-electron chi connectivity index (χ4n) is 4.13. The molecule has 0 unspecified atom stereocenters. The van der Waals surface area contributed by atoms with Gasteiger partial charge in [0, 0.05) is 32.1 Å². The summed E-state index contributed by atoms with van der Waals surface area (Å²) in [4.78, 5) is 31.3. The van der Waals surface area contributed by atoms with Gasteiger partial charge in [-0.3, -0.25) is 9.59 Å². The van der Waals surface area contributed by atoms with Crippen molar-refractivity contribution in [1.82, 2.24) is 14.7 Å². The van der Waals surface area contributed by atoms with Gasteiger partial charge < -0.3 is 14.7 Å². The highest BCUT2D eigenvalue weighted by Gasteiger charge is 2.34. The Labute approximate surface area is 162 Å². The van der Waals surface area contributed by atoms with Crippen molar-refractivity contribution in [3.63, 3.8) is 0 Å². The van der Waals surface area contributed by atoms with Gasteiger partial charge in [-0.25, -0.2) is 0 Å². The molecule has 3 rings (SSSR count). The number of hydrogen-bond acceptors (Lipinski definition) is 3. The van der Waals surface area contributed by atoms with Crippen molar-refractivity contribution in [1.29, 1.82) is 0 Å². The lowest BCUT2D eigenvalue weighted by Gasteiger charge is -2.37. The number of carbonyl (C=O) groups excluding carboxylic acids is 2. The van der Waals surface area contributed by atoms with E-state index < -0.39 is 0 Å². The Morgan fingerprint density at radius 2 is 1.81 bits per heavy atom. The average molecular weight is 370 g/mol. The van der Waals surface area contributed by atoms with Crippen LogP contribution in [0.2, 0.25) is 0 Å². The van der Waals surface area contributed by atoms with Crippen LogP contribution in [0.3, 0.4) is 0 Å². The molecule has 2 aliphatic rings. The molecule has 1 fully saturated rings. The van der Waals surface area contributed by atoms with Crippen LogP contribution in [0.4, 0.5) is 0 Å². The van der Waals surface area contributed by atoms with Crippen LogP contribution in [-0.2, 0) is 16.1 Å². The lowest BCUT2D eigenvalue weighted by atomic mass is 9.81. The smallest absolute Gasteiger partial charge is 0.236 e. The zero-order valence-electron chi connectivity index (χ0n) is 16.5. The maximum Gasteiger partial charge on any atom is 0.236 e. The van der Waals surface area contributed by atoms with E-state index in [-0.39, 0.29) is 17.7 Å². The van der Waals surface area contributed by atoms with Gasteiger partial charge >= 0.3 is 0 Å². The predicted molar refractivity (Wildman–Crippen MR) is 107 cm³/mol. The first kappa shape index (κ1) is 19.6. The second-order valence-electron chi connectivity index (χ2n) is 7.97. The molecule has 0 aromatic heterocycles. The minimum atomic E-state index is 0.0403. The maximum atomic E-state index is 13.2. The highest BCUT2D eigenvalue weighted by Crippen LogP contribution is 2.31. The van der Waals surface area contributed by atoms with Crippen molar-refractivity contribution in [2.24, 2.45) is 11.8 Å². The highest BCUT2D eigenvalue weighted by molar-refractivity contribution is 5.80. The van der Waals surface area contributed by atoms with Crippen LogP contribution in [0.1, 0.15) is 24.8 Å². The summed E-state index contributed by atoms with van der Waals surface area (Å²) in [6.45, 7) is 3.35. The number of likely N-dealkylation sites (tertiary alicyclic amines) is 1. The molecule has 5 nitrogen and oxygen atoms in total. The van der Waals surface area contributed by atoms with Crippen molar-refractivity contribution >= 4 is 11.8 Å². The summed E-state index contributed by atoms with van der Waals surface area (Å²) in [5.74, 6) is 0.860. The van der Waals surface area contributed by atoms with Gasteiger partial charge in [-0.05, 0) is 44.8 Å². The molecule has 1 atom stereocenters. The molecule has 2 aliphatic heterocycles. The molecule has 1 saturated heterocycles. The standard InChI is InChI=1S/C22H31N3O2/c1-23(2)17-21(26)24-14-11-19(12-15-24)20-10-6-7-13-25(22(20)27)16-18-8-4-3-5-9-18/h3-9,19-20H,10-17H2,1-2H3/t20-/m0/s1. The highest BCUT2D eigenvalue weighted by atomic mass is 16.2. The molecule has 27 heavy (non-hydrogen) atoms. The average Bonchev–Trinajstić information content (AvgIpc) is 2.84. The molecule has 5 heteroatoms. The molecule has 0 radical (unpaired) electrons. The Bertz CT molecular complexity index is 663. The molecule has 1 aromatic carbocycles. The normalized spacial score (nSPS) is 21.6. The van der Waals surface area contributed by atoms with Gasteiger partial charge in [-0.15, -0.1) is 0 Å². The van der Waals surface area contributed by atoms with Crippen LogP contribution >= 0.6 is 0 Å². The Balaban J connectivity index is 1.60. The summed E-state index contributed by atoms with van der Waals surface area (Å²) in [6.07, 6.45) is 6.94. The Kier molecular flexibility index (Phi) is 6.67. The molecule has 0 N–H and O–H groups in total. The van der Waals surface area contributed by atoms with Gasteiger partial charge in [0.2, 0.25) is 11.8 Å². The number of rotatable bonds is 5. The number of hydrogen-bond donors (Lipinski definition) is 0. The van der Waals surface area contributed by atoms with Gasteiger partial charge in [0.25, 0.3) is 0 Å². The second-order valence-corrected chi connectivity index (χ2v) is 7.97. The fourth-order valence-corrected chi connectivity index (χ4v) is 4.13. The van der Waals surface area contributed by atoms with Crippen LogP contribution in [0.25, 0.3) is 0 Å². The number of nitrogens with zero attached hydrogens (tertiary/aromatic N) is 3. The monoisotopic (exact) mass is 369 g/mol. The first-order valence-corrected chi connectivity index (χ1v) is 9.95. The number of benzene rings is 1. The SMILES string of the molecule is CN(C)CC(=O)N1CCC([C@@H]2CC=CCN(Cc3ccccc3)C2=O)CC1. The van der Waals surface area contributed by atoms with Gasteiger partial charge in [0.1, 0.15) is 0 Å². The van der Waals surface area contributed by atoms with Crippen molar-refractivity contribution in [2.45, 2.75) is 25.8 Å². The topological polar surface area (TPSA) is 43.9 Å². The lowest BCUT2D eigenvalue weighted by Crippen LogP contribution is -2.46. The lowest BCUT2D eigenvalue weighted by molar-refractivity contribution is -0.138.